The normalized spacial score (nSPS) is 29.7. The van der Waals surface area contributed by atoms with Crippen LogP contribution in [0.5, 0.6) is 5.75 Å². The molecule has 1 spiro atoms. The molecule has 1 fully saturated rings. The Kier molecular flexibility index (Phi) is 3.20. The minimum Gasteiger partial charge on any atom is -0.486 e. The molecule has 2 atom stereocenters. The predicted octanol–water partition coefficient (Wildman–Crippen LogP) is 4.61. The van der Waals surface area contributed by atoms with Gasteiger partial charge in [-0.05, 0) is 49.3 Å². The Balaban J connectivity index is 1.90. The third-order valence-electron chi connectivity index (χ3n) is 4.60. The second-order valence-electron chi connectivity index (χ2n) is 6.27. The van der Waals surface area contributed by atoms with E-state index in [1.807, 2.05) is 18.2 Å². The highest BCUT2D eigenvalue weighted by Crippen LogP contribution is 2.47. The van der Waals surface area contributed by atoms with E-state index in [9.17, 15) is 4.79 Å². The van der Waals surface area contributed by atoms with Crippen LogP contribution in [0.25, 0.3) is 0 Å². The zero-order valence-corrected chi connectivity index (χ0v) is 13.0. The summed E-state index contributed by atoms with van der Waals surface area (Å²) >= 11 is 3.41. The van der Waals surface area contributed by atoms with Gasteiger partial charge in [-0.25, -0.2) is 0 Å². The molecule has 0 aromatic heterocycles. The topological polar surface area (TPSA) is 26.3 Å². The summed E-state index contributed by atoms with van der Waals surface area (Å²) in [4.78, 5) is 12.4. The first-order valence-electron chi connectivity index (χ1n) is 7.01. The van der Waals surface area contributed by atoms with Crippen molar-refractivity contribution < 1.29 is 9.53 Å². The number of ether oxygens (including phenoxy) is 1. The summed E-state index contributed by atoms with van der Waals surface area (Å²) in [6.45, 7) is 4.53. The van der Waals surface area contributed by atoms with Crippen LogP contribution in [0.15, 0.2) is 22.7 Å². The molecule has 0 saturated heterocycles. The average Bonchev–Trinajstić information content (AvgIpc) is 2.74. The SMILES string of the molecule is CC(C)C1CCC2(CC(=O)c3cc(Br)ccc3O2)C1. The van der Waals surface area contributed by atoms with Crippen LogP contribution in [0.4, 0.5) is 0 Å². The van der Waals surface area contributed by atoms with Crippen LogP contribution in [-0.2, 0) is 0 Å². The van der Waals surface area contributed by atoms with Crippen LogP contribution in [0.2, 0.25) is 0 Å². The highest BCUT2D eigenvalue weighted by molar-refractivity contribution is 9.10. The van der Waals surface area contributed by atoms with Gasteiger partial charge in [0.15, 0.2) is 5.78 Å². The molecule has 1 aromatic carbocycles. The van der Waals surface area contributed by atoms with Gasteiger partial charge in [-0.15, -0.1) is 0 Å². The highest BCUT2D eigenvalue weighted by Gasteiger charge is 2.46. The molecule has 3 heteroatoms. The molecule has 19 heavy (non-hydrogen) atoms. The van der Waals surface area contributed by atoms with Gasteiger partial charge in [0.2, 0.25) is 0 Å². The minimum absolute atomic E-state index is 0.229. The van der Waals surface area contributed by atoms with Gasteiger partial charge in [0.05, 0.1) is 12.0 Å². The maximum atomic E-state index is 12.4. The largest absolute Gasteiger partial charge is 0.486 e. The molecule has 0 amide bonds. The van der Waals surface area contributed by atoms with Gasteiger partial charge in [0.25, 0.3) is 0 Å². The summed E-state index contributed by atoms with van der Waals surface area (Å²) in [5.74, 6) is 2.35. The van der Waals surface area contributed by atoms with Gasteiger partial charge in [-0.1, -0.05) is 29.8 Å². The van der Waals surface area contributed by atoms with E-state index in [2.05, 4.69) is 29.8 Å². The van der Waals surface area contributed by atoms with Gasteiger partial charge >= 0.3 is 0 Å². The summed E-state index contributed by atoms with van der Waals surface area (Å²) < 4.78 is 7.18. The molecule has 3 rings (SSSR count). The van der Waals surface area contributed by atoms with Crippen LogP contribution in [0.1, 0.15) is 49.9 Å². The van der Waals surface area contributed by atoms with Crippen LogP contribution < -0.4 is 4.74 Å². The smallest absolute Gasteiger partial charge is 0.170 e. The third-order valence-corrected chi connectivity index (χ3v) is 5.09. The van der Waals surface area contributed by atoms with Crippen molar-refractivity contribution in [3.8, 4) is 5.75 Å². The fourth-order valence-electron chi connectivity index (χ4n) is 3.42. The van der Waals surface area contributed by atoms with Crippen molar-refractivity contribution in [3.05, 3.63) is 28.2 Å². The Morgan fingerprint density at radius 2 is 2.21 bits per heavy atom. The van der Waals surface area contributed by atoms with E-state index < -0.39 is 0 Å². The Bertz CT molecular complexity index is 523. The number of Topliss-reactive ketones (excluding diaryl/α,β-unsaturated/α-hetero) is 1. The number of hydrogen-bond acceptors (Lipinski definition) is 2. The van der Waals surface area contributed by atoms with E-state index in [4.69, 9.17) is 4.74 Å². The number of benzene rings is 1. The first kappa shape index (κ1) is 13.2. The predicted molar refractivity (Wildman–Crippen MR) is 78.6 cm³/mol. The summed E-state index contributed by atoms with van der Waals surface area (Å²) in [5, 5.41) is 0. The van der Waals surface area contributed by atoms with Crippen molar-refractivity contribution >= 4 is 21.7 Å². The quantitative estimate of drug-likeness (QED) is 0.754. The summed E-state index contributed by atoms with van der Waals surface area (Å²) in [5.41, 5.74) is 0.500. The van der Waals surface area contributed by atoms with Crippen LogP contribution in [0.3, 0.4) is 0 Å². The van der Waals surface area contributed by atoms with Gasteiger partial charge < -0.3 is 4.74 Å². The van der Waals surface area contributed by atoms with Gasteiger partial charge in [0.1, 0.15) is 11.4 Å². The third kappa shape index (κ3) is 2.33. The number of carbonyl (C=O) groups is 1. The summed E-state index contributed by atoms with van der Waals surface area (Å²) in [6, 6.07) is 5.74. The lowest BCUT2D eigenvalue weighted by atomic mass is 9.86. The highest BCUT2D eigenvalue weighted by atomic mass is 79.9. The Morgan fingerprint density at radius 3 is 2.89 bits per heavy atom. The Hall–Kier alpha value is -0.830. The number of rotatable bonds is 1. The zero-order chi connectivity index (χ0) is 13.6. The molecule has 2 aliphatic rings. The molecule has 0 radical (unpaired) electrons. The van der Waals surface area contributed by atoms with E-state index >= 15 is 0 Å². The molecular formula is C16H19BrO2. The molecule has 102 valence electrons. The molecule has 0 N–H and O–H groups in total. The molecule has 1 aliphatic carbocycles. The maximum Gasteiger partial charge on any atom is 0.170 e. The van der Waals surface area contributed by atoms with Crippen LogP contribution in [-0.4, -0.2) is 11.4 Å². The van der Waals surface area contributed by atoms with Crippen LogP contribution in [0, 0.1) is 11.8 Å². The molecule has 1 saturated carbocycles. The van der Waals surface area contributed by atoms with Gasteiger partial charge in [0, 0.05) is 4.47 Å². The van der Waals surface area contributed by atoms with Crippen molar-refractivity contribution in [1.29, 1.82) is 0 Å². The van der Waals surface area contributed by atoms with E-state index in [0.29, 0.717) is 18.3 Å². The van der Waals surface area contributed by atoms with Crippen molar-refractivity contribution in [1.82, 2.24) is 0 Å². The number of ketones is 1. The lowest BCUT2D eigenvalue weighted by Crippen LogP contribution is -2.40. The fourth-order valence-corrected chi connectivity index (χ4v) is 3.78. The lowest BCUT2D eigenvalue weighted by molar-refractivity contribution is 0.0409. The van der Waals surface area contributed by atoms with Crippen molar-refractivity contribution in [2.24, 2.45) is 11.8 Å². The molecule has 1 heterocycles. The first-order chi connectivity index (χ1) is 8.99. The summed E-state index contributed by atoms with van der Waals surface area (Å²) in [6.07, 6.45) is 3.75. The van der Waals surface area contributed by atoms with Gasteiger partial charge in [-0.2, -0.15) is 0 Å². The lowest BCUT2D eigenvalue weighted by Gasteiger charge is -2.35. The number of halogens is 1. The number of hydrogen-bond donors (Lipinski definition) is 0. The number of fused-ring (bicyclic) bond motifs is 1. The second-order valence-corrected chi connectivity index (χ2v) is 7.19. The van der Waals surface area contributed by atoms with Crippen molar-refractivity contribution in [3.63, 3.8) is 0 Å². The molecule has 1 aliphatic heterocycles. The molecule has 2 nitrogen and oxygen atoms in total. The standard InChI is InChI=1S/C16H19BrO2/c1-10(2)11-5-6-16(8-11)9-14(18)13-7-12(17)3-4-15(13)19-16/h3-4,7,10-11H,5-6,8-9H2,1-2H3. The zero-order valence-electron chi connectivity index (χ0n) is 11.4. The van der Waals surface area contributed by atoms with Crippen molar-refractivity contribution in [2.75, 3.05) is 0 Å². The second kappa shape index (κ2) is 4.62. The maximum absolute atomic E-state index is 12.4. The number of carbonyl (C=O) groups excluding carboxylic acids is 1. The molecule has 2 unspecified atom stereocenters. The molecule has 1 aromatic rings. The van der Waals surface area contributed by atoms with E-state index in [0.717, 1.165) is 28.6 Å². The Labute approximate surface area is 122 Å². The minimum atomic E-state index is -0.229. The summed E-state index contributed by atoms with van der Waals surface area (Å²) in [7, 11) is 0. The average molecular weight is 323 g/mol. The van der Waals surface area contributed by atoms with E-state index in [-0.39, 0.29) is 11.4 Å². The first-order valence-corrected chi connectivity index (χ1v) is 7.80. The van der Waals surface area contributed by atoms with Crippen molar-refractivity contribution in [2.45, 2.75) is 45.1 Å². The van der Waals surface area contributed by atoms with E-state index in [1.54, 1.807) is 0 Å². The van der Waals surface area contributed by atoms with Crippen LogP contribution >= 0.6 is 15.9 Å². The fraction of sp³-hybridized carbons (Fsp3) is 0.562. The molecular weight excluding hydrogens is 304 g/mol. The van der Waals surface area contributed by atoms with Gasteiger partial charge in [-0.3, -0.25) is 4.79 Å². The Morgan fingerprint density at radius 1 is 1.42 bits per heavy atom. The molecule has 0 bridgehead atoms. The monoisotopic (exact) mass is 322 g/mol. The van der Waals surface area contributed by atoms with E-state index in [1.165, 1.54) is 6.42 Å².